The normalized spacial score (nSPS) is 17.7. The average Bonchev–Trinajstić information content (AvgIpc) is 3.23. The van der Waals surface area contributed by atoms with Crippen LogP contribution in [0, 0.1) is 0 Å². The summed E-state index contributed by atoms with van der Waals surface area (Å²) in [7, 11) is 1.96. The summed E-state index contributed by atoms with van der Waals surface area (Å²) in [5, 5.41) is 0. The molecule has 0 N–H and O–H groups in total. The highest BCUT2D eigenvalue weighted by Crippen LogP contribution is 2.29. The zero-order valence-electron chi connectivity index (χ0n) is 14.8. The molecule has 2 heterocycles. The number of likely N-dealkylation sites (tertiary alicyclic amines) is 1. The summed E-state index contributed by atoms with van der Waals surface area (Å²) in [6.07, 6.45) is 1.16. The molecule has 26 heavy (non-hydrogen) atoms. The molecule has 1 aromatic heterocycles. The first-order valence-corrected chi connectivity index (χ1v) is 9.73. The smallest absolute Gasteiger partial charge is 0.286 e. The van der Waals surface area contributed by atoms with E-state index in [4.69, 9.17) is 0 Å². The van der Waals surface area contributed by atoms with E-state index in [1.807, 2.05) is 42.1 Å². The highest BCUT2D eigenvalue weighted by atomic mass is 79.9. The molecule has 5 heteroatoms. The van der Waals surface area contributed by atoms with Crippen molar-refractivity contribution in [3.63, 3.8) is 0 Å². The number of hydrogen-bond donors (Lipinski definition) is 0. The Balaban J connectivity index is 1.57. The Bertz CT molecular complexity index is 947. The van der Waals surface area contributed by atoms with E-state index in [2.05, 4.69) is 51.2 Å². The molecule has 3 aromatic rings. The molecule has 0 saturated carbocycles. The van der Waals surface area contributed by atoms with Crippen molar-refractivity contribution < 1.29 is 0 Å². The molecule has 1 aliphatic heterocycles. The molecule has 4 nitrogen and oxygen atoms in total. The SMILES string of the molecule is Cn1c(CN2CCC(c3ccccc3)C2)c(Br)c(=O)n1-c1ccccc1. The van der Waals surface area contributed by atoms with Gasteiger partial charge in [-0.15, -0.1) is 0 Å². The molecule has 4 rings (SSSR count). The van der Waals surface area contributed by atoms with Crippen LogP contribution in [0.3, 0.4) is 0 Å². The number of benzene rings is 2. The fourth-order valence-electron chi connectivity index (χ4n) is 3.83. The maximum Gasteiger partial charge on any atom is 0.286 e. The Hall–Kier alpha value is -2.11. The minimum Gasteiger partial charge on any atom is -0.297 e. The third kappa shape index (κ3) is 3.17. The van der Waals surface area contributed by atoms with Crippen molar-refractivity contribution in [1.29, 1.82) is 0 Å². The quantitative estimate of drug-likeness (QED) is 0.650. The van der Waals surface area contributed by atoms with Gasteiger partial charge in [-0.3, -0.25) is 14.4 Å². The monoisotopic (exact) mass is 411 g/mol. The van der Waals surface area contributed by atoms with Crippen LogP contribution in [0.25, 0.3) is 5.69 Å². The Morgan fingerprint density at radius 2 is 1.69 bits per heavy atom. The third-order valence-electron chi connectivity index (χ3n) is 5.24. The topological polar surface area (TPSA) is 30.2 Å². The van der Waals surface area contributed by atoms with Crippen LogP contribution >= 0.6 is 15.9 Å². The van der Waals surface area contributed by atoms with E-state index in [-0.39, 0.29) is 5.56 Å². The van der Waals surface area contributed by atoms with Gasteiger partial charge in [0.1, 0.15) is 4.47 Å². The van der Waals surface area contributed by atoms with E-state index < -0.39 is 0 Å². The molecule has 1 aliphatic rings. The van der Waals surface area contributed by atoms with Gasteiger partial charge in [-0.2, -0.15) is 0 Å². The summed E-state index contributed by atoms with van der Waals surface area (Å²) in [4.78, 5) is 15.2. The number of nitrogens with zero attached hydrogens (tertiary/aromatic N) is 3. The molecular weight excluding hydrogens is 390 g/mol. The van der Waals surface area contributed by atoms with E-state index in [0.717, 1.165) is 37.4 Å². The van der Waals surface area contributed by atoms with Gasteiger partial charge in [0.25, 0.3) is 5.56 Å². The van der Waals surface area contributed by atoms with Crippen LogP contribution in [0.15, 0.2) is 69.9 Å². The maximum atomic E-state index is 12.7. The molecule has 0 radical (unpaired) electrons. The van der Waals surface area contributed by atoms with Crippen LogP contribution in [-0.4, -0.2) is 27.4 Å². The molecule has 1 unspecified atom stereocenters. The predicted molar refractivity (Wildman–Crippen MR) is 108 cm³/mol. The molecular formula is C21H22BrN3O. The van der Waals surface area contributed by atoms with Crippen molar-refractivity contribution in [2.45, 2.75) is 18.9 Å². The van der Waals surface area contributed by atoms with Gasteiger partial charge in [0.15, 0.2) is 0 Å². The summed E-state index contributed by atoms with van der Waals surface area (Å²) in [5.74, 6) is 0.572. The van der Waals surface area contributed by atoms with Crippen LogP contribution < -0.4 is 5.56 Å². The molecule has 2 aromatic carbocycles. The Kier molecular flexibility index (Phi) is 4.83. The fraction of sp³-hybridized carbons (Fsp3) is 0.286. The zero-order valence-corrected chi connectivity index (χ0v) is 16.4. The number of halogens is 1. The van der Waals surface area contributed by atoms with E-state index in [0.29, 0.717) is 10.4 Å². The fourth-order valence-corrected chi connectivity index (χ4v) is 4.38. The molecule has 134 valence electrons. The van der Waals surface area contributed by atoms with Gasteiger partial charge in [0, 0.05) is 20.1 Å². The second-order valence-electron chi connectivity index (χ2n) is 6.87. The Labute approximate surface area is 161 Å². The standard InChI is InChI=1S/C21H22BrN3O/c1-23-19(20(22)21(26)25(23)18-10-6-3-7-11-18)15-24-13-12-17(14-24)16-8-4-2-5-9-16/h2-11,17H,12-15H2,1H3. The number of rotatable bonds is 4. The molecule has 1 atom stereocenters. The van der Waals surface area contributed by atoms with Gasteiger partial charge in [-0.1, -0.05) is 48.5 Å². The van der Waals surface area contributed by atoms with Gasteiger partial charge in [0.2, 0.25) is 0 Å². The van der Waals surface area contributed by atoms with Crippen molar-refractivity contribution >= 4 is 15.9 Å². The van der Waals surface area contributed by atoms with Gasteiger partial charge < -0.3 is 0 Å². The van der Waals surface area contributed by atoms with Crippen LogP contribution in [0.2, 0.25) is 0 Å². The lowest BCUT2D eigenvalue weighted by Crippen LogP contribution is -2.23. The Morgan fingerprint density at radius 3 is 2.38 bits per heavy atom. The van der Waals surface area contributed by atoms with Gasteiger partial charge in [-0.25, -0.2) is 4.68 Å². The lowest BCUT2D eigenvalue weighted by Gasteiger charge is -2.18. The zero-order chi connectivity index (χ0) is 18.1. The average molecular weight is 412 g/mol. The molecule has 1 saturated heterocycles. The minimum absolute atomic E-state index is 0.00694. The second-order valence-corrected chi connectivity index (χ2v) is 7.66. The first-order valence-electron chi connectivity index (χ1n) is 8.94. The molecule has 1 fully saturated rings. The first-order chi connectivity index (χ1) is 12.6. The van der Waals surface area contributed by atoms with Crippen molar-refractivity contribution in [3.8, 4) is 5.69 Å². The van der Waals surface area contributed by atoms with Crippen molar-refractivity contribution in [2.24, 2.45) is 7.05 Å². The van der Waals surface area contributed by atoms with Crippen molar-refractivity contribution in [1.82, 2.24) is 14.3 Å². The van der Waals surface area contributed by atoms with Crippen LogP contribution in [0.4, 0.5) is 0 Å². The summed E-state index contributed by atoms with van der Waals surface area (Å²) < 4.78 is 4.36. The number of aromatic nitrogens is 2. The van der Waals surface area contributed by atoms with Gasteiger partial charge in [-0.05, 0) is 52.5 Å². The largest absolute Gasteiger partial charge is 0.297 e. The highest BCUT2D eigenvalue weighted by molar-refractivity contribution is 9.10. The summed E-state index contributed by atoms with van der Waals surface area (Å²) in [6.45, 7) is 2.85. The summed E-state index contributed by atoms with van der Waals surface area (Å²) in [6, 6.07) is 20.5. The second kappa shape index (κ2) is 7.25. The lowest BCUT2D eigenvalue weighted by molar-refractivity contribution is 0.314. The lowest BCUT2D eigenvalue weighted by atomic mass is 9.99. The molecule has 0 aliphatic carbocycles. The molecule has 0 spiro atoms. The third-order valence-corrected chi connectivity index (χ3v) is 6.04. The Morgan fingerprint density at radius 1 is 1.04 bits per heavy atom. The predicted octanol–water partition coefficient (Wildman–Crippen LogP) is 3.93. The van der Waals surface area contributed by atoms with Gasteiger partial charge in [0.05, 0.1) is 11.4 Å². The number of para-hydroxylation sites is 1. The number of hydrogen-bond acceptors (Lipinski definition) is 2. The van der Waals surface area contributed by atoms with E-state index >= 15 is 0 Å². The van der Waals surface area contributed by atoms with Crippen molar-refractivity contribution in [2.75, 3.05) is 13.1 Å². The van der Waals surface area contributed by atoms with E-state index in [1.54, 1.807) is 4.68 Å². The first kappa shape index (κ1) is 17.3. The highest BCUT2D eigenvalue weighted by Gasteiger charge is 2.26. The maximum absolute atomic E-state index is 12.7. The summed E-state index contributed by atoms with van der Waals surface area (Å²) in [5.41, 5.74) is 3.31. The summed E-state index contributed by atoms with van der Waals surface area (Å²) >= 11 is 3.54. The molecule has 0 amide bonds. The molecule has 0 bridgehead atoms. The minimum atomic E-state index is -0.00694. The van der Waals surface area contributed by atoms with Gasteiger partial charge >= 0.3 is 0 Å². The van der Waals surface area contributed by atoms with Crippen LogP contribution in [0.5, 0.6) is 0 Å². The van der Waals surface area contributed by atoms with Crippen molar-refractivity contribution in [3.05, 3.63) is 86.7 Å². The van der Waals surface area contributed by atoms with E-state index in [1.165, 1.54) is 5.56 Å². The van der Waals surface area contributed by atoms with Crippen LogP contribution in [0.1, 0.15) is 23.6 Å². The van der Waals surface area contributed by atoms with E-state index in [9.17, 15) is 4.79 Å². The van der Waals surface area contributed by atoms with Crippen LogP contribution in [-0.2, 0) is 13.6 Å².